The fourth-order valence-corrected chi connectivity index (χ4v) is 3.92. The Morgan fingerprint density at radius 1 is 1.43 bits per heavy atom. The molecule has 0 aliphatic carbocycles. The molecule has 0 unspecified atom stereocenters. The number of aromatic nitrogens is 1. The Hall–Kier alpha value is -2.63. The van der Waals surface area contributed by atoms with Crippen molar-refractivity contribution in [2.75, 3.05) is 39.9 Å². The second-order valence-electron chi connectivity index (χ2n) is 6.95. The van der Waals surface area contributed by atoms with E-state index in [1.165, 1.54) is 18.4 Å². The first kappa shape index (κ1) is 22.1. The minimum atomic E-state index is -1.12. The number of methoxy groups -OCH3 is 1. The summed E-state index contributed by atoms with van der Waals surface area (Å²) < 4.78 is 10.6. The van der Waals surface area contributed by atoms with Gasteiger partial charge < -0.3 is 19.9 Å². The highest BCUT2D eigenvalue weighted by Crippen LogP contribution is 2.18. The first-order valence-corrected chi connectivity index (χ1v) is 10.4. The molecule has 1 aromatic heterocycles. The second-order valence-corrected chi connectivity index (χ2v) is 7.85. The molecule has 162 valence electrons. The maximum atomic E-state index is 12.2. The molecule has 3 heterocycles. The van der Waals surface area contributed by atoms with Gasteiger partial charge in [0.05, 0.1) is 31.9 Å². The lowest BCUT2D eigenvalue weighted by atomic mass is 10.1. The van der Waals surface area contributed by atoms with E-state index in [-0.39, 0.29) is 24.9 Å². The third kappa shape index (κ3) is 5.94. The van der Waals surface area contributed by atoms with Crippen LogP contribution in [0.5, 0.6) is 0 Å². The molecule has 0 bridgehead atoms. The van der Waals surface area contributed by atoms with Crippen LogP contribution in [0, 0.1) is 0 Å². The number of nitrogens with one attached hydrogen (secondary N) is 1. The van der Waals surface area contributed by atoms with Gasteiger partial charge in [0, 0.05) is 43.3 Å². The Labute approximate surface area is 177 Å². The van der Waals surface area contributed by atoms with Gasteiger partial charge in [-0.25, -0.2) is 9.78 Å². The monoisotopic (exact) mass is 436 g/mol. The lowest BCUT2D eigenvalue weighted by molar-refractivity contribution is -0.140. The number of ether oxygens (including phenoxy) is 2. The molecule has 0 saturated carbocycles. The number of morpholine rings is 1. The molecule has 10 nitrogen and oxygen atoms in total. The number of carbonyl (C=O) groups excluding carboxylic acids is 2. The molecule has 0 aromatic carbocycles. The zero-order chi connectivity index (χ0) is 21.5. The molecule has 2 N–H and O–H groups in total. The number of carbonyl (C=O) groups is 3. The predicted octanol–water partition coefficient (Wildman–Crippen LogP) is 0.445. The number of aliphatic carboxylic acids is 1. The third-order valence-electron chi connectivity index (χ3n) is 4.79. The minimum Gasteiger partial charge on any atom is -0.481 e. The van der Waals surface area contributed by atoms with E-state index >= 15 is 0 Å². The van der Waals surface area contributed by atoms with Crippen molar-refractivity contribution in [2.45, 2.75) is 25.4 Å². The van der Waals surface area contributed by atoms with E-state index < -0.39 is 18.4 Å². The van der Waals surface area contributed by atoms with E-state index in [0.717, 1.165) is 5.01 Å². The molecule has 0 spiro atoms. The van der Waals surface area contributed by atoms with E-state index in [0.29, 0.717) is 49.8 Å². The minimum absolute atomic E-state index is 0.167. The van der Waals surface area contributed by atoms with Gasteiger partial charge in [-0.2, -0.15) is 0 Å². The van der Waals surface area contributed by atoms with E-state index in [9.17, 15) is 14.4 Å². The van der Waals surface area contributed by atoms with Crippen LogP contribution < -0.4 is 5.32 Å². The van der Waals surface area contributed by atoms with Gasteiger partial charge in [0.25, 0.3) is 0 Å². The number of hydrogen-bond acceptors (Lipinski definition) is 10. The first-order chi connectivity index (χ1) is 14.5. The zero-order valence-corrected chi connectivity index (χ0v) is 17.4. The molecular weight excluding hydrogens is 412 g/mol. The van der Waals surface area contributed by atoms with E-state index in [1.54, 1.807) is 6.20 Å². The summed E-state index contributed by atoms with van der Waals surface area (Å²) in [4.78, 5) is 45.3. The summed E-state index contributed by atoms with van der Waals surface area (Å²) >= 11 is 1.46. The van der Waals surface area contributed by atoms with E-state index in [1.807, 2.05) is 5.38 Å². The Kier molecular flexibility index (Phi) is 7.66. The number of Topliss-reactive ketones (excluding diaryl/α,β-unsaturated/α-hetero) is 1. The molecule has 2 aliphatic rings. The smallest absolute Gasteiger partial charge is 0.337 e. The van der Waals surface area contributed by atoms with Crippen LogP contribution in [0.1, 0.15) is 24.3 Å². The number of rotatable bonds is 9. The molecule has 3 rings (SSSR count). The van der Waals surface area contributed by atoms with Gasteiger partial charge in [-0.15, -0.1) is 11.3 Å². The summed E-state index contributed by atoms with van der Waals surface area (Å²) in [6.45, 7) is 2.41. The molecule has 2 aliphatic heterocycles. The van der Waals surface area contributed by atoms with Crippen LogP contribution >= 0.6 is 11.3 Å². The van der Waals surface area contributed by atoms with Crippen molar-refractivity contribution in [1.29, 1.82) is 0 Å². The number of carboxylic acid groups (broad SMARTS) is 1. The summed E-state index contributed by atoms with van der Waals surface area (Å²) in [5.74, 6) is -1.23. The van der Waals surface area contributed by atoms with Crippen molar-refractivity contribution in [3.63, 3.8) is 0 Å². The number of carboxylic acids is 1. The van der Waals surface area contributed by atoms with Gasteiger partial charge in [-0.05, 0) is 6.42 Å². The maximum Gasteiger partial charge on any atom is 0.337 e. The predicted molar refractivity (Wildman–Crippen MR) is 108 cm³/mol. The van der Waals surface area contributed by atoms with Crippen molar-refractivity contribution < 1.29 is 29.0 Å². The van der Waals surface area contributed by atoms with Crippen LogP contribution in [-0.4, -0.2) is 84.5 Å². The number of esters is 1. The molecule has 30 heavy (non-hydrogen) atoms. The fraction of sp³-hybridized carbons (Fsp3) is 0.526. The van der Waals surface area contributed by atoms with Gasteiger partial charge in [0.15, 0.2) is 10.8 Å². The van der Waals surface area contributed by atoms with Gasteiger partial charge in [0.1, 0.15) is 12.2 Å². The number of nitrogens with zero attached hydrogens (tertiary/aromatic N) is 3. The molecule has 0 radical (unpaired) electrons. The summed E-state index contributed by atoms with van der Waals surface area (Å²) in [5.41, 5.74) is 1.18. The average molecular weight is 436 g/mol. The molecule has 0 amide bonds. The summed E-state index contributed by atoms with van der Waals surface area (Å²) in [5, 5.41) is 14.5. The van der Waals surface area contributed by atoms with Gasteiger partial charge >= 0.3 is 11.9 Å². The lowest BCUT2D eigenvalue weighted by Gasteiger charge is -2.34. The fourth-order valence-electron chi connectivity index (χ4n) is 3.32. The Balaban J connectivity index is 1.62. The topological polar surface area (TPSA) is 130 Å². The highest BCUT2D eigenvalue weighted by Gasteiger charge is 2.27. The largest absolute Gasteiger partial charge is 0.481 e. The SMILES string of the molecule is COC(=O)C1=C(CN2CCO[C@H](CCC(=O)CC(=O)O)C2)NC(c2nccs2)=NC1. The standard InChI is InChI=1S/C19H24N4O6S/c1-28-19(27)14-9-21-17(18-20-4-7-30-18)22-15(14)11-23-5-6-29-13(10-23)3-2-12(24)8-16(25)26/h4,7,13H,2-3,5-6,8-11H2,1H3,(H,21,22)(H,25,26)/t13-/m1/s1. The summed E-state index contributed by atoms with van der Waals surface area (Å²) in [6, 6.07) is 0. The number of hydrogen-bond donors (Lipinski definition) is 2. The van der Waals surface area contributed by atoms with Crippen LogP contribution in [0.3, 0.4) is 0 Å². The number of amidine groups is 1. The highest BCUT2D eigenvalue weighted by molar-refractivity contribution is 7.11. The number of thiazole rings is 1. The van der Waals surface area contributed by atoms with Crippen molar-refractivity contribution >= 4 is 34.9 Å². The van der Waals surface area contributed by atoms with E-state index in [4.69, 9.17) is 14.6 Å². The summed E-state index contributed by atoms with van der Waals surface area (Å²) in [7, 11) is 1.34. The van der Waals surface area contributed by atoms with Gasteiger partial charge in [-0.1, -0.05) is 0 Å². The van der Waals surface area contributed by atoms with Gasteiger partial charge in [0.2, 0.25) is 0 Å². The molecule has 1 saturated heterocycles. The number of ketones is 1. The molecular formula is C19H24N4O6S. The molecule has 1 fully saturated rings. The van der Waals surface area contributed by atoms with E-state index in [2.05, 4.69) is 20.2 Å². The Morgan fingerprint density at radius 2 is 2.27 bits per heavy atom. The van der Waals surface area contributed by atoms with Gasteiger partial charge in [-0.3, -0.25) is 19.5 Å². The Bertz CT molecular complexity index is 851. The molecule has 11 heteroatoms. The normalized spacial score (nSPS) is 19.8. The van der Waals surface area contributed by atoms with Crippen LogP contribution in [0.25, 0.3) is 0 Å². The lowest BCUT2D eigenvalue weighted by Crippen LogP contribution is -2.46. The second kappa shape index (κ2) is 10.4. The first-order valence-electron chi connectivity index (χ1n) is 9.55. The van der Waals surface area contributed by atoms with Crippen LogP contribution in [0.15, 0.2) is 27.8 Å². The Morgan fingerprint density at radius 3 is 2.97 bits per heavy atom. The van der Waals surface area contributed by atoms with Crippen LogP contribution in [0.4, 0.5) is 0 Å². The van der Waals surface area contributed by atoms with Crippen molar-refractivity contribution in [3.8, 4) is 0 Å². The quantitative estimate of drug-likeness (QED) is 0.418. The number of aliphatic imine (C=N–C) groups is 1. The van der Waals surface area contributed by atoms with Crippen LogP contribution in [-0.2, 0) is 23.9 Å². The zero-order valence-electron chi connectivity index (χ0n) is 16.6. The third-order valence-corrected chi connectivity index (χ3v) is 5.57. The summed E-state index contributed by atoms with van der Waals surface area (Å²) in [6.07, 6.45) is 1.69. The van der Waals surface area contributed by atoms with Crippen molar-refractivity contribution in [3.05, 3.63) is 27.9 Å². The average Bonchev–Trinajstić information content (AvgIpc) is 3.26. The van der Waals surface area contributed by atoms with Crippen LogP contribution in [0.2, 0.25) is 0 Å². The maximum absolute atomic E-state index is 12.2. The molecule has 1 aromatic rings. The van der Waals surface area contributed by atoms with Crippen molar-refractivity contribution in [1.82, 2.24) is 15.2 Å². The highest BCUT2D eigenvalue weighted by atomic mass is 32.1. The van der Waals surface area contributed by atoms with Crippen molar-refractivity contribution in [2.24, 2.45) is 4.99 Å². The molecule has 1 atom stereocenters.